The summed E-state index contributed by atoms with van der Waals surface area (Å²) in [5.41, 5.74) is 0.748. The van der Waals surface area contributed by atoms with Crippen LogP contribution in [0.5, 0.6) is 5.75 Å². The second kappa shape index (κ2) is 7.81. The van der Waals surface area contributed by atoms with Crippen molar-refractivity contribution in [3.63, 3.8) is 0 Å². The van der Waals surface area contributed by atoms with Gasteiger partial charge in [-0.05, 0) is 44.4 Å². The van der Waals surface area contributed by atoms with E-state index in [1.165, 1.54) is 38.5 Å². The first-order valence-corrected chi connectivity index (χ1v) is 8.30. The first-order chi connectivity index (χ1) is 10.2. The molecule has 0 heterocycles. The lowest BCUT2D eigenvalue weighted by molar-refractivity contribution is 0.157. The molecule has 0 radical (unpaired) electrons. The molecule has 0 spiro atoms. The highest BCUT2D eigenvalue weighted by Gasteiger charge is 2.29. The van der Waals surface area contributed by atoms with Gasteiger partial charge in [-0.2, -0.15) is 0 Å². The zero-order valence-corrected chi connectivity index (χ0v) is 13.4. The second-order valence-corrected chi connectivity index (χ2v) is 6.28. The second-order valence-electron chi connectivity index (χ2n) is 6.28. The number of nitrogens with one attached hydrogen (secondary N) is 1. The molecule has 21 heavy (non-hydrogen) atoms. The lowest BCUT2D eigenvalue weighted by Crippen LogP contribution is -2.48. The highest BCUT2D eigenvalue weighted by Crippen LogP contribution is 2.26. The number of benzene rings is 1. The Labute approximate surface area is 128 Å². The van der Waals surface area contributed by atoms with E-state index in [2.05, 4.69) is 24.4 Å². The monoisotopic (exact) mass is 291 g/mol. The Bertz CT molecular complexity index is 410. The molecule has 118 valence electrons. The van der Waals surface area contributed by atoms with Crippen molar-refractivity contribution in [1.29, 1.82) is 0 Å². The zero-order chi connectivity index (χ0) is 15.1. The van der Waals surface area contributed by atoms with Crippen molar-refractivity contribution in [3.05, 3.63) is 29.8 Å². The fourth-order valence-corrected chi connectivity index (χ4v) is 3.18. The van der Waals surface area contributed by atoms with Gasteiger partial charge in [0.15, 0.2) is 0 Å². The van der Waals surface area contributed by atoms with Crippen LogP contribution in [0.25, 0.3) is 0 Å². The molecule has 0 aliphatic heterocycles. The van der Waals surface area contributed by atoms with Gasteiger partial charge in [-0.25, -0.2) is 0 Å². The number of rotatable bonds is 6. The van der Waals surface area contributed by atoms with E-state index in [9.17, 15) is 5.11 Å². The maximum atomic E-state index is 9.92. The average Bonchev–Trinajstić information content (AvgIpc) is 2.77. The molecule has 2 rings (SSSR count). The summed E-state index contributed by atoms with van der Waals surface area (Å²) in [5.74, 6) is 0.885. The largest absolute Gasteiger partial charge is 0.494 e. The van der Waals surface area contributed by atoms with Crippen LogP contribution in [-0.2, 0) is 5.54 Å². The average molecular weight is 291 g/mol. The summed E-state index contributed by atoms with van der Waals surface area (Å²) in [6.45, 7) is 4.86. The Kier molecular flexibility index (Phi) is 6.07. The van der Waals surface area contributed by atoms with Gasteiger partial charge >= 0.3 is 0 Å². The Hall–Kier alpha value is -1.06. The molecule has 1 aromatic rings. The van der Waals surface area contributed by atoms with E-state index < -0.39 is 0 Å². The van der Waals surface area contributed by atoms with E-state index in [0.29, 0.717) is 12.6 Å². The van der Waals surface area contributed by atoms with Gasteiger partial charge in [-0.3, -0.25) is 0 Å². The molecule has 1 saturated carbocycles. The van der Waals surface area contributed by atoms with Gasteiger partial charge in [0.1, 0.15) is 5.75 Å². The fourth-order valence-electron chi connectivity index (χ4n) is 3.18. The molecule has 1 aliphatic rings. The summed E-state index contributed by atoms with van der Waals surface area (Å²) < 4.78 is 5.49. The van der Waals surface area contributed by atoms with E-state index >= 15 is 0 Å². The summed E-state index contributed by atoms with van der Waals surface area (Å²) in [6, 6.07) is 8.61. The molecular formula is C18H29NO2. The first-order valence-electron chi connectivity index (χ1n) is 8.30. The Balaban J connectivity index is 2.07. The van der Waals surface area contributed by atoms with Crippen molar-refractivity contribution in [2.45, 2.75) is 64.0 Å². The molecule has 1 fully saturated rings. The van der Waals surface area contributed by atoms with Crippen LogP contribution in [0.4, 0.5) is 0 Å². The van der Waals surface area contributed by atoms with Crippen LogP contribution in [0.2, 0.25) is 0 Å². The number of hydrogen-bond acceptors (Lipinski definition) is 3. The predicted octanol–water partition coefficient (Wildman–Crippen LogP) is 3.61. The summed E-state index contributed by atoms with van der Waals surface area (Å²) in [7, 11) is 0. The van der Waals surface area contributed by atoms with Crippen LogP contribution in [0.15, 0.2) is 24.3 Å². The first kappa shape index (κ1) is 16.3. The van der Waals surface area contributed by atoms with Gasteiger partial charge in [0.25, 0.3) is 0 Å². The minimum Gasteiger partial charge on any atom is -0.494 e. The highest BCUT2D eigenvalue weighted by molar-refractivity contribution is 5.32. The molecule has 2 N–H and O–H groups in total. The van der Waals surface area contributed by atoms with Gasteiger partial charge in [0.05, 0.1) is 18.8 Å². The third-order valence-corrected chi connectivity index (χ3v) is 4.50. The van der Waals surface area contributed by atoms with Gasteiger partial charge < -0.3 is 15.2 Å². The van der Waals surface area contributed by atoms with Gasteiger partial charge in [0.2, 0.25) is 0 Å². The maximum absolute atomic E-state index is 9.92. The van der Waals surface area contributed by atoms with Crippen molar-refractivity contribution in [2.75, 3.05) is 13.2 Å². The van der Waals surface area contributed by atoms with Crippen LogP contribution >= 0.6 is 0 Å². The smallest absolute Gasteiger partial charge is 0.119 e. The normalized spacial score (nSPS) is 19.8. The molecule has 0 aromatic heterocycles. The zero-order valence-electron chi connectivity index (χ0n) is 13.4. The fraction of sp³-hybridized carbons (Fsp3) is 0.667. The molecule has 0 amide bonds. The molecule has 1 aromatic carbocycles. The number of aliphatic hydroxyl groups is 1. The van der Waals surface area contributed by atoms with Crippen molar-refractivity contribution in [2.24, 2.45) is 0 Å². The molecule has 1 atom stereocenters. The van der Waals surface area contributed by atoms with Crippen molar-refractivity contribution >= 4 is 0 Å². The topological polar surface area (TPSA) is 41.5 Å². The van der Waals surface area contributed by atoms with Crippen LogP contribution in [-0.4, -0.2) is 24.4 Å². The van der Waals surface area contributed by atoms with Crippen molar-refractivity contribution < 1.29 is 9.84 Å². The lowest BCUT2D eigenvalue weighted by Gasteiger charge is -2.34. The molecule has 1 unspecified atom stereocenters. The SMILES string of the molecule is CCOc1ccc(C(C)(CO)NC2CCCCCC2)cc1. The maximum Gasteiger partial charge on any atom is 0.119 e. The molecule has 3 nitrogen and oxygen atoms in total. The number of ether oxygens (including phenoxy) is 1. The van der Waals surface area contributed by atoms with Crippen LogP contribution < -0.4 is 10.1 Å². The van der Waals surface area contributed by atoms with E-state index in [-0.39, 0.29) is 12.1 Å². The van der Waals surface area contributed by atoms with Crippen molar-refractivity contribution in [3.8, 4) is 5.75 Å². The standard InChI is InChI=1S/C18H29NO2/c1-3-21-17-12-10-15(11-13-17)18(2,14-20)19-16-8-6-4-5-7-9-16/h10-13,16,19-20H,3-9,14H2,1-2H3. The Morgan fingerprint density at radius 3 is 2.29 bits per heavy atom. The molecule has 0 saturated heterocycles. The predicted molar refractivity (Wildman–Crippen MR) is 86.7 cm³/mol. The minimum atomic E-state index is -0.375. The summed E-state index contributed by atoms with van der Waals surface area (Å²) in [4.78, 5) is 0. The molecule has 0 bridgehead atoms. The van der Waals surface area contributed by atoms with Gasteiger partial charge in [-0.1, -0.05) is 37.8 Å². The van der Waals surface area contributed by atoms with E-state index in [0.717, 1.165) is 11.3 Å². The van der Waals surface area contributed by atoms with E-state index in [1.54, 1.807) is 0 Å². The van der Waals surface area contributed by atoms with Gasteiger partial charge in [0, 0.05) is 6.04 Å². The minimum absolute atomic E-state index is 0.109. The molecular weight excluding hydrogens is 262 g/mol. The summed E-state index contributed by atoms with van der Waals surface area (Å²) in [6.07, 6.45) is 7.71. The Morgan fingerprint density at radius 2 is 1.76 bits per heavy atom. The van der Waals surface area contributed by atoms with E-state index in [1.807, 2.05) is 19.1 Å². The van der Waals surface area contributed by atoms with Crippen LogP contribution in [0.1, 0.15) is 57.9 Å². The van der Waals surface area contributed by atoms with Crippen molar-refractivity contribution in [1.82, 2.24) is 5.32 Å². The lowest BCUT2D eigenvalue weighted by atomic mass is 9.90. The third-order valence-electron chi connectivity index (χ3n) is 4.50. The summed E-state index contributed by atoms with van der Waals surface area (Å²) >= 11 is 0. The molecule has 3 heteroatoms. The Morgan fingerprint density at radius 1 is 1.14 bits per heavy atom. The quantitative estimate of drug-likeness (QED) is 0.787. The van der Waals surface area contributed by atoms with E-state index in [4.69, 9.17) is 4.74 Å². The number of aliphatic hydroxyl groups excluding tert-OH is 1. The molecule has 1 aliphatic carbocycles. The highest BCUT2D eigenvalue weighted by atomic mass is 16.5. The summed E-state index contributed by atoms with van der Waals surface area (Å²) in [5, 5.41) is 13.6. The van der Waals surface area contributed by atoms with Crippen LogP contribution in [0.3, 0.4) is 0 Å². The number of hydrogen-bond donors (Lipinski definition) is 2. The van der Waals surface area contributed by atoms with Gasteiger partial charge in [-0.15, -0.1) is 0 Å². The van der Waals surface area contributed by atoms with Crippen LogP contribution in [0, 0.1) is 0 Å². The third kappa shape index (κ3) is 4.45.